The lowest BCUT2D eigenvalue weighted by molar-refractivity contribution is -0.141. The molecule has 1 aromatic carbocycles. The molecule has 168 valence electrons. The van der Waals surface area contributed by atoms with Gasteiger partial charge in [0.15, 0.2) is 0 Å². The van der Waals surface area contributed by atoms with Crippen molar-refractivity contribution < 1.29 is 14.4 Å². The van der Waals surface area contributed by atoms with Gasteiger partial charge >= 0.3 is 0 Å². The number of hydrogen-bond acceptors (Lipinski definition) is 6. The number of carbonyl (C=O) groups excluding carboxylic acids is 3. The van der Waals surface area contributed by atoms with Gasteiger partial charge in [-0.05, 0) is 55.4 Å². The van der Waals surface area contributed by atoms with E-state index >= 15 is 0 Å². The number of rotatable bonds is 5. The Kier molecular flexibility index (Phi) is 5.14. The molecule has 5 rings (SSSR count). The highest BCUT2D eigenvalue weighted by Gasteiger charge is 2.53. The molecule has 3 fully saturated rings. The zero-order valence-corrected chi connectivity index (χ0v) is 17.9. The smallest absolute Gasteiger partial charge is 0.248 e. The van der Waals surface area contributed by atoms with Crippen LogP contribution in [0, 0.1) is 11.3 Å². The van der Waals surface area contributed by atoms with Gasteiger partial charge in [0, 0.05) is 31.2 Å². The third-order valence-corrected chi connectivity index (χ3v) is 7.56. The molecule has 32 heavy (non-hydrogen) atoms. The SMILES string of the molecule is N#C[C@@H]1CCCN1C(=O)[C@@H](N)CN1CC2C[C@@H]1C(=O)N2[C@@H]1CCc2cc(C(N)=O)ccc21. The van der Waals surface area contributed by atoms with E-state index in [-0.39, 0.29) is 29.9 Å². The highest BCUT2D eigenvalue weighted by molar-refractivity contribution is 5.93. The largest absolute Gasteiger partial charge is 0.366 e. The van der Waals surface area contributed by atoms with Crippen molar-refractivity contribution in [1.29, 1.82) is 5.26 Å². The molecule has 4 aliphatic rings. The molecule has 0 spiro atoms. The van der Waals surface area contributed by atoms with Crippen molar-refractivity contribution in [2.45, 2.75) is 62.3 Å². The van der Waals surface area contributed by atoms with Crippen LogP contribution in [0.15, 0.2) is 18.2 Å². The van der Waals surface area contributed by atoms with Crippen LogP contribution in [0.2, 0.25) is 0 Å². The Morgan fingerprint density at radius 3 is 2.78 bits per heavy atom. The van der Waals surface area contributed by atoms with E-state index in [1.54, 1.807) is 11.0 Å². The maximum Gasteiger partial charge on any atom is 0.248 e. The minimum Gasteiger partial charge on any atom is -0.366 e. The molecule has 3 saturated heterocycles. The van der Waals surface area contributed by atoms with Gasteiger partial charge in [-0.25, -0.2) is 0 Å². The highest BCUT2D eigenvalue weighted by atomic mass is 16.2. The number of nitrogens with two attached hydrogens (primary N) is 2. The molecule has 4 N–H and O–H groups in total. The third kappa shape index (κ3) is 3.26. The molecule has 0 saturated carbocycles. The van der Waals surface area contributed by atoms with E-state index < -0.39 is 18.0 Å². The predicted molar refractivity (Wildman–Crippen MR) is 115 cm³/mol. The minimum atomic E-state index is -0.732. The van der Waals surface area contributed by atoms with Gasteiger partial charge in [-0.15, -0.1) is 0 Å². The molecule has 1 aliphatic carbocycles. The molecule has 9 nitrogen and oxygen atoms in total. The van der Waals surface area contributed by atoms with Gasteiger partial charge in [0.1, 0.15) is 6.04 Å². The quantitative estimate of drug-likeness (QED) is 0.661. The van der Waals surface area contributed by atoms with Gasteiger partial charge in [0.25, 0.3) is 0 Å². The number of likely N-dealkylation sites (tertiary alicyclic amines) is 3. The van der Waals surface area contributed by atoms with Crippen molar-refractivity contribution in [1.82, 2.24) is 14.7 Å². The number of carbonyl (C=O) groups is 3. The van der Waals surface area contributed by atoms with Crippen LogP contribution in [0.4, 0.5) is 0 Å². The Bertz CT molecular complexity index is 1020. The average Bonchev–Trinajstić information content (AvgIpc) is 3.55. The van der Waals surface area contributed by atoms with E-state index in [2.05, 4.69) is 6.07 Å². The molecule has 3 amide bonds. The summed E-state index contributed by atoms with van der Waals surface area (Å²) in [6, 6.07) is 6.44. The van der Waals surface area contributed by atoms with Gasteiger partial charge in [0.05, 0.1) is 24.2 Å². The Balaban J connectivity index is 1.25. The van der Waals surface area contributed by atoms with Crippen LogP contribution in [0.5, 0.6) is 0 Å². The number of aryl methyl sites for hydroxylation is 1. The van der Waals surface area contributed by atoms with E-state index in [4.69, 9.17) is 11.5 Å². The fraction of sp³-hybridized carbons (Fsp3) is 0.565. The third-order valence-electron chi connectivity index (χ3n) is 7.56. The first-order chi connectivity index (χ1) is 15.4. The van der Waals surface area contributed by atoms with Crippen LogP contribution in [-0.2, 0) is 16.0 Å². The molecule has 3 aliphatic heterocycles. The number of hydrogen-bond donors (Lipinski definition) is 2. The normalized spacial score (nSPS) is 29.9. The zero-order valence-electron chi connectivity index (χ0n) is 17.9. The molecule has 1 aromatic rings. The van der Waals surface area contributed by atoms with Crippen molar-refractivity contribution in [3.05, 3.63) is 34.9 Å². The summed E-state index contributed by atoms with van der Waals surface area (Å²) < 4.78 is 0. The summed E-state index contributed by atoms with van der Waals surface area (Å²) in [5.74, 6) is -0.547. The summed E-state index contributed by atoms with van der Waals surface area (Å²) in [6.45, 7) is 1.60. The second-order valence-corrected chi connectivity index (χ2v) is 9.36. The van der Waals surface area contributed by atoms with Crippen LogP contribution in [0.1, 0.15) is 53.2 Å². The monoisotopic (exact) mass is 436 g/mol. The lowest BCUT2D eigenvalue weighted by Crippen LogP contribution is -2.56. The van der Waals surface area contributed by atoms with Crippen molar-refractivity contribution in [2.75, 3.05) is 19.6 Å². The minimum absolute atomic E-state index is 0.0212. The molecule has 1 unspecified atom stereocenters. The summed E-state index contributed by atoms with van der Waals surface area (Å²) in [4.78, 5) is 43.2. The second-order valence-electron chi connectivity index (χ2n) is 9.36. The second kappa shape index (κ2) is 7.87. The fourth-order valence-corrected chi connectivity index (χ4v) is 6.05. The number of primary amides is 1. The maximum absolute atomic E-state index is 13.3. The number of nitrogens with zero attached hydrogens (tertiary/aromatic N) is 4. The van der Waals surface area contributed by atoms with E-state index in [1.807, 2.05) is 21.9 Å². The standard InChI is InChI=1S/C23H28N6O3/c24-10-15-2-1-7-28(15)22(31)18(25)12-27-11-16-9-20(27)23(32)29(16)19-6-4-13-8-14(21(26)30)3-5-17(13)19/h3,5,8,15-16,18-20H,1-2,4,6-7,9,11-12,25H2,(H2,26,30)/t15-,16?,18-,19+,20+/m0/s1. The Hall–Kier alpha value is -2.96. The number of fused-ring (bicyclic) bond motifs is 3. The van der Waals surface area contributed by atoms with Crippen LogP contribution in [0.25, 0.3) is 0 Å². The van der Waals surface area contributed by atoms with E-state index in [1.165, 1.54) is 0 Å². The fourth-order valence-electron chi connectivity index (χ4n) is 6.05. The summed E-state index contributed by atoms with van der Waals surface area (Å²) in [7, 11) is 0. The van der Waals surface area contributed by atoms with Gasteiger partial charge in [-0.1, -0.05) is 6.07 Å². The summed E-state index contributed by atoms with van der Waals surface area (Å²) in [5, 5.41) is 9.25. The first-order valence-electron chi connectivity index (χ1n) is 11.3. The zero-order chi connectivity index (χ0) is 22.6. The topological polar surface area (TPSA) is 137 Å². The molecular formula is C23H28N6O3. The molecule has 9 heteroatoms. The van der Waals surface area contributed by atoms with Crippen LogP contribution in [-0.4, -0.2) is 76.2 Å². The summed E-state index contributed by atoms with van der Waals surface area (Å²) >= 11 is 0. The van der Waals surface area contributed by atoms with E-state index in [9.17, 15) is 19.6 Å². The van der Waals surface area contributed by atoms with Crippen molar-refractivity contribution in [3.63, 3.8) is 0 Å². The molecular weight excluding hydrogens is 408 g/mol. The lowest BCUT2D eigenvalue weighted by atomic mass is 10.0. The van der Waals surface area contributed by atoms with Gasteiger partial charge in [-0.3, -0.25) is 19.3 Å². The van der Waals surface area contributed by atoms with Gasteiger partial charge in [0.2, 0.25) is 17.7 Å². The van der Waals surface area contributed by atoms with E-state index in [0.717, 1.165) is 36.8 Å². The molecule has 2 bridgehead atoms. The number of nitriles is 1. The molecule has 5 atom stereocenters. The summed E-state index contributed by atoms with van der Waals surface area (Å²) in [6.07, 6.45) is 3.93. The van der Waals surface area contributed by atoms with Crippen molar-refractivity contribution in [2.24, 2.45) is 11.5 Å². The molecule has 0 radical (unpaired) electrons. The van der Waals surface area contributed by atoms with Gasteiger partial charge < -0.3 is 21.3 Å². The Morgan fingerprint density at radius 1 is 1.25 bits per heavy atom. The number of piperazine rings is 1. The average molecular weight is 437 g/mol. The number of benzene rings is 1. The van der Waals surface area contributed by atoms with E-state index in [0.29, 0.717) is 31.6 Å². The Morgan fingerprint density at radius 2 is 2.06 bits per heavy atom. The van der Waals surface area contributed by atoms with Crippen LogP contribution in [0.3, 0.4) is 0 Å². The van der Waals surface area contributed by atoms with Crippen LogP contribution >= 0.6 is 0 Å². The lowest BCUT2D eigenvalue weighted by Gasteiger charge is -2.38. The first kappa shape index (κ1) is 20.9. The number of amides is 3. The predicted octanol–water partition coefficient (Wildman–Crippen LogP) is -0.100. The highest BCUT2D eigenvalue weighted by Crippen LogP contribution is 2.44. The van der Waals surface area contributed by atoms with Gasteiger partial charge in [-0.2, -0.15) is 5.26 Å². The Labute approximate surface area is 186 Å². The van der Waals surface area contributed by atoms with Crippen molar-refractivity contribution in [3.8, 4) is 6.07 Å². The molecule has 0 aromatic heterocycles. The molecule has 3 heterocycles. The van der Waals surface area contributed by atoms with Crippen molar-refractivity contribution >= 4 is 17.7 Å². The van der Waals surface area contributed by atoms with Crippen LogP contribution < -0.4 is 11.5 Å². The maximum atomic E-state index is 13.3. The summed E-state index contributed by atoms with van der Waals surface area (Å²) in [5.41, 5.74) is 14.3. The first-order valence-corrected chi connectivity index (χ1v) is 11.3.